The van der Waals surface area contributed by atoms with Crippen LogP contribution in [0.4, 0.5) is 5.69 Å². The molecule has 0 saturated heterocycles. The Morgan fingerprint density at radius 1 is 1.27 bits per heavy atom. The maximum Gasteiger partial charge on any atom is 0.355 e. The van der Waals surface area contributed by atoms with E-state index in [2.05, 4.69) is 0 Å². The molecular weight excluding hydrogens is 340 g/mol. The van der Waals surface area contributed by atoms with Crippen molar-refractivity contribution in [2.45, 2.75) is 6.54 Å². The van der Waals surface area contributed by atoms with Gasteiger partial charge in [-0.1, -0.05) is 12.1 Å². The summed E-state index contributed by atoms with van der Waals surface area (Å²) >= 11 is 0. The zero-order valence-electron chi connectivity index (χ0n) is 15.2. The summed E-state index contributed by atoms with van der Waals surface area (Å²) in [6, 6.07) is 7.53. The van der Waals surface area contributed by atoms with E-state index in [1.165, 1.54) is 14.2 Å². The summed E-state index contributed by atoms with van der Waals surface area (Å²) in [4.78, 5) is 27.9. The Kier molecular flexibility index (Phi) is 7.14. The maximum atomic E-state index is 12.3. The monoisotopic (exact) mass is 364 g/mol. The predicted octanol–water partition coefficient (Wildman–Crippen LogP) is 0.505. The summed E-state index contributed by atoms with van der Waals surface area (Å²) in [6.07, 6.45) is 0. The second-order valence-electron chi connectivity index (χ2n) is 5.85. The van der Waals surface area contributed by atoms with Gasteiger partial charge in [0.15, 0.2) is 0 Å². The van der Waals surface area contributed by atoms with Gasteiger partial charge in [0.1, 0.15) is 12.4 Å². The van der Waals surface area contributed by atoms with Crippen LogP contribution in [0.2, 0.25) is 0 Å². The van der Waals surface area contributed by atoms with Gasteiger partial charge in [-0.2, -0.15) is 0 Å². The smallest absolute Gasteiger partial charge is 0.355 e. The summed E-state index contributed by atoms with van der Waals surface area (Å²) in [5.74, 6) is -1.26. The lowest BCUT2D eigenvalue weighted by atomic mass is 10.1. The minimum Gasteiger partial charge on any atom is -0.466 e. The lowest BCUT2D eigenvalue weighted by molar-refractivity contribution is -0.140. The highest BCUT2D eigenvalue weighted by Crippen LogP contribution is 2.27. The van der Waals surface area contributed by atoms with Crippen LogP contribution in [-0.2, 0) is 30.3 Å². The summed E-state index contributed by atoms with van der Waals surface area (Å²) in [5.41, 5.74) is 1.93. The zero-order chi connectivity index (χ0) is 19.1. The molecule has 0 fully saturated rings. The first-order valence-electron chi connectivity index (χ1n) is 8.15. The molecule has 142 valence electrons. The molecule has 26 heavy (non-hydrogen) atoms. The van der Waals surface area contributed by atoms with Crippen molar-refractivity contribution < 1.29 is 28.9 Å². The van der Waals surface area contributed by atoms with Gasteiger partial charge >= 0.3 is 11.9 Å². The first-order chi connectivity index (χ1) is 12.5. The number of carbonyl (C=O) groups excluding carboxylic acids is 2. The Morgan fingerprint density at radius 2 is 2.00 bits per heavy atom. The molecule has 0 radical (unpaired) electrons. The van der Waals surface area contributed by atoms with Gasteiger partial charge in [-0.15, -0.1) is 0 Å². The van der Waals surface area contributed by atoms with E-state index in [1.807, 2.05) is 36.2 Å². The largest absolute Gasteiger partial charge is 0.466 e. The number of aliphatic hydroxyl groups is 1. The number of aliphatic hydroxyl groups excluding tert-OH is 1. The maximum absolute atomic E-state index is 12.3. The normalized spacial score (nSPS) is 14.6. The molecule has 1 N–H and O–H groups in total. The number of rotatable bonds is 7. The first kappa shape index (κ1) is 19.9. The molecular formula is C18H24N2O6. The van der Waals surface area contributed by atoms with E-state index in [9.17, 15) is 9.59 Å². The number of carbonyl (C=O) groups is 2. The Balaban J connectivity index is 2.38. The summed E-state index contributed by atoms with van der Waals surface area (Å²) < 4.78 is 15.1. The minimum atomic E-state index is -0.631. The van der Waals surface area contributed by atoms with E-state index in [1.54, 1.807) is 4.90 Å². The molecule has 8 nitrogen and oxygen atoms in total. The number of hydrogen-bond donors (Lipinski definition) is 1. The van der Waals surface area contributed by atoms with Crippen LogP contribution < -0.4 is 4.90 Å². The molecule has 0 bridgehead atoms. The van der Waals surface area contributed by atoms with Gasteiger partial charge in [-0.25, -0.2) is 9.59 Å². The molecule has 0 saturated carbocycles. The SMILES string of the molecule is COC(=O)C1=C(C(=O)OC)N(c2cccc(CN(C)CCO)c2)COC1. The van der Waals surface area contributed by atoms with Crippen LogP contribution in [0.15, 0.2) is 35.5 Å². The predicted molar refractivity (Wildman–Crippen MR) is 94.2 cm³/mol. The Bertz CT molecular complexity index is 688. The fourth-order valence-electron chi connectivity index (χ4n) is 2.73. The molecule has 2 rings (SSSR count). The van der Waals surface area contributed by atoms with Crippen molar-refractivity contribution in [2.75, 3.05) is 52.7 Å². The van der Waals surface area contributed by atoms with E-state index in [-0.39, 0.29) is 31.2 Å². The average molecular weight is 364 g/mol. The average Bonchev–Trinajstić information content (AvgIpc) is 2.66. The molecule has 0 spiro atoms. The molecule has 0 unspecified atom stereocenters. The third-order valence-electron chi connectivity index (χ3n) is 3.99. The molecule has 0 aromatic heterocycles. The first-order valence-corrected chi connectivity index (χ1v) is 8.15. The number of hydrogen-bond acceptors (Lipinski definition) is 8. The third-order valence-corrected chi connectivity index (χ3v) is 3.99. The fourth-order valence-corrected chi connectivity index (χ4v) is 2.73. The molecule has 1 aliphatic heterocycles. The Morgan fingerprint density at radius 3 is 2.65 bits per heavy atom. The molecule has 1 aromatic carbocycles. The van der Waals surface area contributed by atoms with Crippen molar-refractivity contribution in [3.8, 4) is 0 Å². The number of anilines is 1. The topological polar surface area (TPSA) is 88.5 Å². The highest BCUT2D eigenvalue weighted by molar-refractivity contribution is 6.03. The number of benzene rings is 1. The van der Waals surface area contributed by atoms with Crippen LogP contribution >= 0.6 is 0 Å². The molecule has 1 aromatic rings. The summed E-state index contributed by atoms with van der Waals surface area (Å²) in [5, 5.41) is 9.03. The van der Waals surface area contributed by atoms with Gasteiger partial charge in [0.25, 0.3) is 0 Å². The molecule has 8 heteroatoms. The summed E-state index contributed by atoms with van der Waals surface area (Å²) in [7, 11) is 4.42. The molecule has 1 heterocycles. The number of methoxy groups -OCH3 is 2. The van der Waals surface area contributed by atoms with E-state index < -0.39 is 11.9 Å². The second-order valence-corrected chi connectivity index (χ2v) is 5.85. The van der Waals surface area contributed by atoms with Crippen molar-refractivity contribution in [1.29, 1.82) is 0 Å². The van der Waals surface area contributed by atoms with Gasteiger partial charge in [-0.3, -0.25) is 4.90 Å². The van der Waals surface area contributed by atoms with Crippen molar-refractivity contribution in [3.05, 3.63) is 41.1 Å². The van der Waals surface area contributed by atoms with Crippen LogP contribution in [0.25, 0.3) is 0 Å². The molecule has 0 atom stereocenters. The van der Waals surface area contributed by atoms with Crippen LogP contribution in [-0.4, -0.2) is 69.7 Å². The van der Waals surface area contributed by atoms with Gasteiger partial charge in [0, 0.05) is 18.8 Å². The van der Waals surface area contributed by atoms with Gasteiger partial charge in [-0.05, 0) is 24.7 Å². The van der Waals surface area contributed by atoms with Crippen molar-refractivity contribution in [3.63, 3.8) is 0 Å². The molecule has 0 amide bonds. The van der Waals surface area contributed by atoms with Crippen molar-refractivity contribution in [1.82, 2.24) is 4.90 Å². The van der Waals surface area contributed by atoms with E-state index in [0.717, 1.165) is 5.56 Å². The van der Waals surface area contributed by atoms with Crippen molar-refractivity contribution in [2.24, 2.45) is 0 Å². The van der Waals surface area contributed by atoms with Crippen LogP contribution in [0.1, 0.15) is 5.56 Å². The lowest BCUT2D eigenvalue weighted by Crippen LogP contribution is -2.38. The Labute approximate surface area is 152 Å². The summed E-state index contributed by atoms with van der Waals surface area (Å²) in [6.45, 7) is 1.35. The standard InChI is InChI=1S/C18H24N2O6/c1-19(7-8-21)10-13-5-4-6-14(9-13)20-12-26-11-15(17(22)24-2)16(20)18(23)25-3/h4-6,9,21H,7-8,10-12H2,1-3H3. The highest BCUT2D eigenvalue weighted by atomic mass is 16.5. The lowest BCUT2D eigenvalue weighted by Gasteiger charge is -2.31. The molecule has 1 aliphatic rings. The van der Waals surface area contributed by atoms with Gasteiger partial charge < -0.3 is 24.2 Å². The molecule has 0 aliphatic carbocycles. The number of ether oxygens (including phenoxy) is 3. The quantitative estimate of drug-likeness (QED) is 0.700. The Hall–Kier alpha value is -2.42. The highest BCUT2D eigenvalue weighted by Gasteiger charge is 2.32. The van der Waals surface area contributed by atoms with Crippen LogP contribution in [0.3, 0.4) is 0 Å². The van der Waals surface area contributed by atoms with Gasteiger partial charge in [0.05, 0.1) is 33.0 Å². The van der Waals surface area contributed by atoms with Crippen LogP contribution in [0, 0.1) is 0 Å². The number of esters is 2. The van der Waals surface area contributed by atoms with E-state index >= 15 is 0 Å². The van der Waals surface area contributed by atoms with Gasteiger partial charge in [0.2, 0.25) is 0 Å². The zero-order valence-corrected chi connectivity index (χ0v) is 15.2. The second kappa shape index (κ2) is 9.33. The van der Waals surface area contributed by atoms with E-state index in [4.69, 9.17) is 19.3 Å². The number of nitrogens with zero attached hydrogens (tertiary/aromatic N) is 2. The van der Waals surface area contributed by atoms with Crippen molar-refractivity contribution >= 4 is 17.6 Å². The van der Waals surface area contributed by atoms with E-state index in [0.29, 0.717) is 18.8 Å². The third kappa shape index (κ3) is 4.60. The van der Waals surface area contributed by atoms with Crippen LogP contribution in [0.5, 0.6) is 0 Å². The number of likely N-dealkylation sites (N-methyl/N-ethyl adjacent to an activating group) is 1. The minimum absolute atomic E-state index is 0.0213. The fraction of sp³-hybridized carbons (Fsp3) is 0.444.